The molecule has 2 heterocycles. The SMILES string of the molecule is CC(N)CSC1=C(C(=O)OCOC(=O)C(C)(C)C)N2C(=O)C(C(C)O)[C@H]2S1. The zero-order valence-corrected chi connectivity index (χ0v) is 17.7. The third-order valence-corrected chi connectivity index (χ3v) is 6.87. The molecule has 0 spiro atoms. The summed E-state index contributed by atoms with van der Waals surface area (Å²) in [7, 11) is 0. The molecule has 2 rings (SSSR count). The van der Waals surface area contributed by atoms with Gasteiger partial charge in [-0.25, -0.2) is 4.79 Å². The van der Waals surface area contributed by atoms with E-state index in [-0.39, 0.29) is 23.0 Å². The number of ether oxygens (including phenoxy) is 2. The molecule has 0 aromatic carbocycles. The number of hydrogen-bond donors (Lipinski definition) is 2. The Morgan fingerprint density at radius 1 is 1.33 bits per heavy atom. The van der Waals surface area contributed by atoms with Gasteiger partial charge in [0.1, 0.15) is 5.37 Å². The van der Waals surface area contributed by atoms with Crippen molar-refractivity contribution in [2.75, 3.05) is 12.5 Å². The van der Waals surface area contributed by atoms with Gasteiger partial charge >= 0.3 is 11.9 Å². The molecular weight excluding hydrogens is 392 g/mol. The summed E-state index contributed by atoms with van der Waals surface area (Å²) in [5, 5.41) is 9.48. The Hall–Kier alpha value is -1.23. The Morgan fingerprint density at radius 2 is 1.96 bits per heavy atom. The molecule has 0 aliphatic carbocycles. The molecule has 0 saturated carbocycles. The molecule has 10 heteroatoms. The summed E-state index contributed by atoms with van der Waals surface area (Å²) in [6.07, 6.45) is -0.811. The van der Waals surface area contributed by atoms with Gasteiger partial charge in [0.25, 0.3) is 0 Å². The zero-order valence-electron chi connectivity index (χ0n) is 16.1. The Morgan fingerprint density at radius 3 is 2.48 bits per heavy atom. The number of fused-ring (bicyclic) bond motifs is 1. The summed E-state index contributed by atoms with van der Waals surface area (Å²) in [6, 6.07) is -0.0929. The number of nitrogens with zero attached hydrogens (tertiary/aromatic N) is 1. The first kappa shape index (κ1) is 22.1. The fourth-order valence-corrected chi connectivity index (χ4v) is 5.29. The van der Waals surface area contributed by atoms with Gasteiger partial charge in [0.05, 0.1) is 21.7 Å². The van der Waals surface area contributed by atoms with Crippen LogP contribution in [0.4, 0.5) is 0 Å². The van der Waals surface area contributed by atoms with Crippen molar-refractivity contribution >= 4 is 41.4 Å². The second-order valence-electron chi connectivity index (χ2n) is 7.64. The highest BCUT2D eigenvalue weighted by Crippen LogP contribution is 2.53. The number of carbonyl (C=O) groups excluding carboxylic acids is 3. The molecule has 0 aromatic heterocycles. The van der Waals surface area contributed by atoms with E-state index in [0.29, 0.717) is 9.99 Å². The molecule has 2 aliphatic heterocycles. The molecule has 0 aromatic rings. The lowest BCUT2D eigenvalue weighted by Gasteiger charge is -2.43. The number of aliphatic hydroxyl groups excluding tert-OH is 1. The van der Waals surface area contributed by atoms with E-state index in [4.69, 9.17) is 15.2 Å². The van der Waals surface area contributed by atoms with E-state index in [9.17, 15) is 19.5 Å². The third-order valence-electron chi connectivity index (χ3n) is 3.93. The monoisotopic (exact) mass is 418 g/mol. The van der Waals surface area contributed by atoms with Crippen molar-refractivity contribution in [3.63, 3.8) is 0 Å². The highest BCUT2D eigenvalue weighted by atomic mass is 32.2. The van der Waals surface area contributed by atoms with E-state index < -0.39 is 36.2 Å². The fourth-order valence-electron chi connectivity index (χ4n) is 2.47. The Balaban J connectivity index is 2.09. The van der Waals surface area contributed by atoms with Crippen LogP contribution in [0.15, 0.2) is 9.93 Å². The van der Waals surface area contributed by atoms with Crippen LogP contribution in [-0.4, -0.2) is 57.9 Å². The van der Waals surface area contributed by atoms with Crippen LogP contribution in [0.25, 0.3) is 0 Å². The molecule has 8 nitrogen and oxygen atoms in total. The Labute approximate surface area is 167 Å². The first-order valence-corrected chi connectivity index (χ1v) is 10.5. The van der Waals surface area contributed by atoms with Crippen LogP contribution in [-0.2, 0) is 23.9 Å². The number of esters is 2. The lowest BCUT2D eigenvalue weighted by atomic mass is 9.92. The minimum atomic E-state index is -0.811. The summed E-state index contributed by atoms with van der Waals surface area (Å²) in [4.78, 5) is 38.1. The normalized spacial score (nSPS) is 24.3. The number of amides is 1. The smallest absolute Gasteiger partial charge is 0.359 e. The summed E-state index contributed by atoms with van der Waals surface area (Å²) in [5.41, 5.74) is 5.20. The summed E-state index contributed by atoms with van der Waals surface area (Å²) < 4.78 is 10.7. The standard InChI is InChI=1S/C17H26N2O6S2/c1-8(18)6-26-15-11(14(22)24-7-25-16(23)17(3,4)5)19-12(21)10(9(2)20)13(19)27-15/h8-10,13,20H,6-7,18H2,1-5H3/t8?,9?,10?,13-/m1/s1. The van der Waals surface area contributed by atoms with Gasteiger partial charge in [0.15, 0.2) is 5.70 Å². The molecule has 27 heavy (non-hydrogen) atoms. The van der Waals surface area contributed by atoms with Gasteiger partial charge in [-0.1, -0.05) is 11.8 Å². The first-order valence-electron chi connectivity index (χ1n) is 8.60. The zero-order chi connectivity index (χ0) is 20.5. The number of thioether (sulfide) groups is 2. The van der Waals surface area contributed by atoms with Gasteiger partial charge in [0.2, 0.25) is 12.7 Å². The van der Waals surface area contributed by atoms with Gasteiger partial charge in [-0.3, -0.25) is 14.5 Å². The van der Waals surface area contributed by atoms with Crippen molar-refractivity contribution in [3.05, 3.63) is 9.93 Å². The van der Waals surface area contributed by atoms with Crippen molar-refractivity contribution in [3.8, 4) is 0 Å². The minimum absolute atomic E-state index is 0.0929. The summed E-state index contributed by atoms with van der Waals surface area (Å²) in [5.74, 6) is -1.56. The average molecular weight is 419 g/mol. The molecule has 3 N–H and O–H groups in total. The van der Waals surface area contributed by atoms with Gasteiger partial charge in [-0.05, 0) is 34.6 Å². The van der Waals surface area contributed by atoms with E-state index in [1.165, 1.54) is 28.4 Å². The molecule has 0 radical (unpaired) electrons. The molecule has 1 amide bonds. The number of carbonyl (C=O) groups is 3. The number of aliphatic hydroxyl groups is 1. The lowest BCUT2D eigenvalue weighted by molar-refractivity contribution is -0.174. The van der Waals surface area contributed by atoms with Crippen LogP contribution in [0.3, 0.4) is 0 Å². The molecule has 1 saturated heterocycles. The maximum Gasteiger partial charge on any atom is 0.359 e. The molecule has 4 atom stereocenters. The van der Waals surface area contributed by atoms with Crippen molar-refractivity contribution in [1.82, 2.24) is 4.90 Å². The van der Waals surface area contributed by atoms with Crippen LogP contribution in [0, 0.1) is 11.3 Å². The predicted octanol–water partition coefficient (Wildman–Crippen LogP) is 1.24. The topological polar surface area (TPSA) is 119 Å². The predicted molar refractivity (Wildman–Crippen MR) is 103 cm³/mol. The van der Waals surface area contributed by atoms with Gasteiger partial charge in [0, 0.05) is 11.8 Å². The average Bonchev–Trinajstić information content (AvgIpc) is 2.85. The van der Waals surface area contributed by atoms with Crippen molar-refractivity contribution in [2.45, 2.75) is 52.1 Å². The van der Waals surface area contributed by atoms with E-state index in [1.807, 2.05) is 6.92 Å². The second-order valence-corrected chi connectivity index (χ2v) is 10.1. The van der Waals surface area contributed by atoms with Crippen LogP contribution in [0.1, 0.15) is 34.6 Å². The quantitative estimate of drug-likeness (QED) is 0.357. The number of rotatable bonds is 7. The fraction of sp³-hybridized carbons (Fsp3) is 0.706. The van der Waals surface area contributed by atoms with Crippen molar-refractivity contribution in [2.24, 2.45) is 17.1 Å². The minimum Gasteiger partial charge on any atom is -0.427 e. The molecular formula is C17H26N2O6S2. The molecule has 2 aliphatic rings. The van der Waals surface area contributed by atoms with E-state index >= 15 is 0 Å². The van der Waals surface area contributed by atoms with Gasteiger partial charge in [-0.15, -0.1) is 11.8 Å². The first-order chi connectivity index (χ1) is 12.4. The van der Waals surface area contributed by atoms with Crippen LogP contribution < -0.4 is 5.73 Å². The largest absolute Gasteiger partial charge is 0.427 e. The van der Waals surface area contributed by atoms with E-state index in [2.05, 4.69) is 0 Å². The van der Waals surface area contributed by atoms with Crippen LogP contribution >= 0.6 is 23.5 Å². The maximum atomic E-state index is 12.6. The van der Waals surface area contributed by atoms with E-state index in [0.717, 1.165) is 0 Å². The molecule has 0 bridgehead atoms. The second kappa shape index (κ2) is 8.42. The number of β-lactam (4-membered cyclic amide) rings is 1. The molecule has 1 fully saturated rings. The van der Waals surface area contributed by atoms with E-state index in [1.54, 1.807) is 27.7 Å². The van der Waals surface area contributed by atoms with Crippen molar-refractivity contribution < 1.29 is 29.0 Å². The van der Waals surface area contributed by atoms with Gasteiger partial charge < -0.3 is 20.3 Å². The Bertz CT molecular complexity index is 656. The van der Waals surface area contributed by atoms with Crippen molar-refractivity contribution in [1.29, 1.82) is 0 Å². The number of hydrogen-bond acceptors (Lipinski definition) is 9. The molecule has 3 unspecified atom stereocenters. The highest BCUT2D eigenvalue weighted by molar-refractivity contribution is 8.22. The van der Waals surface area contributed by atoms with Crippen LogP contribution in [0.5, 0.6) is 0 Å². The summed E-state index contributed by atoms with van der Waals surface area (Å²) in [6.45, 7) is 7.94. The Kier molecular flexibility index (Phi) is 6.88. The third kappa shape index (κ3) is 4.79. The summed E-state index contributed by atoms with van der Waals surface area (Å²) >= 11 is 2.72. The van der Waals surface area contributed by atoms with Gasteiger partial charge in [-0.2, -0.15) is 0 Å². The number of nitrogens with two attached hydrogens (primary N) is 1. The molecule has 152 valence electrons. The maximum absolute atomic E-state index is 12.6. The highest BCUT2D eigenvalue weighted by Gasteiger charge is 2.58. The van der Waals surface area contributed by atoms with Crippen LogP contribution in [0.2, 0.25) is 0 Å². The lowest BCUT2D eigenvalue weighted by Crippen LogP contribution is -2.60.